The predicted octanol–water partition coefficient (Wildman–Crippen LogP) is 4.96. The molecular formula is C14H13BrClNOS. The summed E-state index contributed by atoms with van der Waals surface area (Å²) >= 11 is 10.9. The molecule has 100 valence electrons. The Morgan fingerprint density at radius 2 is 2.11 bits per heavy atom. The number of hydrogen-bond acceptors (Lipinski definition) is 2. The molecule has 1 amide bonds. The maximum atomic E-state index is 12.1. The van der Waals surface area contributed by atoms with Crippen LogP contribution in [0, 0.1) is 6.92 Å². The smallest absolute Gasteiger partial charge is 0.251 e. The van der Waals surface area contributed by atoms with Gasteiger partial charge in [-0.25, -0.2) is 0 Å². The number of benzene rings is 1. The fraction of sp³-hybridized carbons (Fsp3) is 0.214. The third-order valence-electron chi connectivity index (χ3n) is 2.72. The summed E-state index contributed by atoms with van der Waals surface area (Å²) in [4.78, 5) is 14.5. The molecule has 0 saturated heterocycles. The average Bonchev–Trinajstić information content (AvgIpc) is 2.79. The van der Waals surface area contributed by atoms with E-state index < -0.39 is 0 Å². The summed E-state index contributed by atoms with van der Waals surface area (Å²) in [7, 11) is 0. The van der Waals surface area contributed by atoms with Crippen molar-refractivity contribution in [2.24, 2.45) is 0 Å². The molecule has 0 saturated carbocycles. The van der Waals surface area contributed by atoms with Crippen molar-refractivity contribution in [2.45, 2.75) is 19.9 Å². The van der Waals surface area contributed by atoms with Crippen LogP contribution in [0.25, 0.3) is 0 Å². The van der Waals surface area contributed by atoms with Crippen LogP contribution in [0.15, 0.2) is 34.8 Å². The summed E-state index contributed by atoms with van der Waals surface area (Å²) in [5.41, 5.74) is 0.594. The molecule has 2 nitrogen and oxygen atoms in total. The van der Waals surface area contributed by atoms with Crippen LogP contribution in [0.5, 0.6) is 0 Å². The Balaban J connectivity index is 2.10. The molecule has 1 unspecified atom stereocenters. The molecule has 1 heterocycles. The van der Waals surface area contributed by atoms with Crippen LogP contribution in [0.2, 0.25) is 5.02 Å². The van der Waals surface area contributed by atoms with Gasteiger partial charge in [-0.1, -0.05) is 11.6 Å². The zero-order chi connectivity index (χ0) is 14.0. The van der Waals surface area contributed by atoms with Gasteiger partial charge in [0.05, 0.1) is 11.1 Å². The minimum Gasteiger partial charge on any atom is -0.345 e. The van der Waals surface area contributed by atoms with Crippen LogP contribution in [0.4, 0.5) is 0 Å². The maximum Gasteiger partial charge on any atom is 0.251 e. The lowest BCUT2D eigenvalue weighted by molar-refractivity contribution is 0.0940. The van der Waals surface area contributed by atoms with Crippen molar-refractivity contribution in [1.29, 1.82) is 0 Å². The van der Waals surface area contributed by atoms with Gasteiger partial charge >= 0.3 is 0 Å². The number of carbonyl (C=O) groups excluding carboxylic acids is 1. The maximum absolute atomic E-state index is 12.1. The molecule has 0 bridgehead atoms. The number of amides is 1. The number of hydrogen-bond donors (Lipinski definition) is 1. The van der Waals surface area contributed by atoms with Gasteiger partial charge in [-0.15, -0.1) is 11.3 Å². The van der Waals surface area contributed by atoms with E-state index in [0.29, 0.717) is 10.6 Å². The zero-order valence-corrected chi connectivity index (χ0v) is 13.7. The summed E-state index contributed by atoms with van der Waals surface area (Å²) in [5, 5.41) is 3.58. The SMILES string of the molecule is Cc1ccc(C(C)NC(=O)c2ccc(Cl)c(Br)c2)s1. The van der Waals surface area contributed by atoms with Crippen LogP contribution in [-0.4, -0.2) is 5.91 Å². The molecule has 0 aliphatic rings. The topological polar surface area (TPSA) is 29.1 Å². The molecule has 5 heteroatoms. The first-order chi connectivity index (χ1) is 8.97. The Hall–Kier alpha value is -0.840. The molecule has 19 heavy (non-hydrogen) atoms. The molecule has 1 N–H and O–H groups in total. The van der Waals surface area contributed by atoms with E-state index in [1.165, 1.54) is 4.88 Å². The molecule has 2 aromatic rings. The van der Waals surface area contributed by atoms with Crippen LogP contribution in [-0.2, 0) is 0 Å². The Kier molecular flexibility index (Phi) is 4.66. The molecule has 1 aromatic carbocycles. The highest BCUT2D eigenvalue weighted by atomic mass is 79.9. The number of nitrogens with one attached hydrogen (secondary N) is 1. The first-order valence-corrected chi connectivity index (χ1v) is 7.78. The molecule has 2 rings (SSSR count). The van der Waals surface area contributed by atoms with Crippen molar-refractivity contribution in [3.05, 3.63) is 55.1 Å². The van der Waals surface area contributed by atoms with E-state index in [-0.39, 0.29) is 11.9 Å². The van der Waals surface area contributed by atoms with Gasteiger partial charge in [0.1, 0.15) is 0 Å². The summed E-state index contributed by atoms with van der Waals surface area (Å²) in [5.74, 6) is -0.101. The Bertz CT molecular complexity index is 611. The first-order valence-electron chi connectivity index (χ1n) is 5.79. The minimum atomic E-state index is -0.101. The predicted molar refractivity (Wildman–Crippen MR) is 84.1 cm³/mol. The summed E-state index contributed by atoms with van der Waals surface area (Å²) in [6.45, 7) is 4.03. The second kappa shape index (κ2) is 6.07. The van der Waals surface area contributed by atoms with E-state index in [9.17, 15) is 4.79 Å². The lowest BCUT2D eigenvalue weighted by Gasteiger charge is -2.12. The molecule has 0 aliphatic carbocycles. The van der Waals surface area contributed by atoms with Crippen molar-refractivity contribution >= 4 is 44.8 Å². The highest BCUT2D eigenvalue weighted by molar-refractivity contribution is 9.10. The highest BCUT2D eigenvalue weighted by Gasteiger charge is 2.13. The quantitative estimate of drug-likeness (QED) is 0.825. The monoisotopic (exact) mass is 357 g/mol. The summed E-state index contributed by atoms with van der Waals surface area (Å²) in [6, 6.07) is 9.25. The van der Waals surface area contributed by atoms with E-state index in [2.05, 4.69) is 34.2 Å². The van der Waals surface area contributed by atoms with Crippen LogP contribution in [0.1, 0.15) is 33.1 Å². The number of thiophene rings is 1. The van der Waals surface area contributed by atoms with E-state index >= 15 is 0 Å². The van der Waals surface area contributed by atoms with Crippen LogP contribution in [0.3, 0.4) is 0 Å². The molecule has 0 radical (unpaired) electrons. The fourth-order valence-electron chi connectivity index (χ4n) is 1.67. The third kappa shape index (κ3) is 3.59. The van der Waals surface area contributed by atoms with Gasteiger partial charge in [0.25, 0.3) is 5.91 Å². The lowest BCUT2D eigenvalue weighted by atomic mass is 10.2. The van der Waals surface area contributed by atoms with Crippen molar-refractivity contribution < 1.29 is 4.79 Å². The van der Waals surface area contributed by atoms with Gasteiger partial charge in [-0.05, 0) is 60.1 Å². The van der Waals surface area contributed by atoms with E-state index in [0.717, 1.165) is 9.35 Å². The first kappa shape index (κ1) is 14.6. The van der Waals surface area contributed by atoms with E-state index in [4.69, 9.17) is 11.6 Å². The van der Waals surface area contributed by atoms with Crippen molar-refractivity contribution in [2.75, 3.05) is 0 Å². The van der Waals surface area contributed by atoms with Crippen LogP contribution >= 0.6 is 38.9 Å². The highest BCUT2D eigenvalue weighted by Crippen LogP contribution is 2.25. The van der Waals surface area contributed by atoms with E-state index in [1.807, 2.05) is 13.0 Å². The molecule has 0 fully saturated rings. The Labute approximate surface area is 129 Å². The number of aryl methyl sites for hydroxylation is 1. The van der Waals surface area contributed by atoms with Gasteiger partial charge in [0, 0.05) is 19.8 Å². The van der Waals surface area contributed by atoms with Gasteiger partial charge in [-0.3, -0.25) is 4.79 Å². The largest absolute Gasteiger partial charge is 0.345 e. The summed E-state index contributed by atoms with van der Waals surface area (Å²) in [6.07, 6.45) is 0. The molecular weight excluding hydrogens is 346 g/mol. The lowest BCUT2D eigenvalue weighted by Crippen LogP contribution is -2.26. The third-order valence-corrected chi connectivity index (χ3v) is 5.11. The fourth-order valence-corrected chi connectivity index (χ4v) is 3.05. The average molecular weight is 359 g/mol. The standard InChI is InChI=1S/C14H13BrClNOS/c1-8-3-6-13(19-8)9(2)17-14(18)10-4-5-12(16)11(15)7-10/h3-7,9H,1-2H3,(H,17,18). The minimum absolute atomic E-state index is 0.000605. The molecule has 0 aliphatic heterocycles. The van der Waals surface area contributed by atoms with Crippen LogP contribution < -0.4 is 5.32 Å². The Morgan fingerprint density at radius 1 is 1.37 bits per heavy atom. The molecule has 1 aromatic heterocycles. The van der Waals surface area contributed by atoms with Crippen molar-refractivity contribution in [3.63, 3.8) is 0 Å². The number of carbonyl (C=O) groups is 1. The second-order valence-electron chi connectivity index (χ2n) is 4.27. The normalized spacial score (nSPS) is 12.2. The van der Waals surface area contributed by atoms with Gasteiger partial charge in [-0.2, -0.15) is 0 Å². The van der Waals surface area contributed by atoms with Gasteiger partial charge < -0.3 is 5.32 Å². The molecule has 0 spiro atoms. The number of rotatable bonds is 3. The second-order valence-corrected chi connectivity index (χ2v) is 6.85. The molecule has 1 atom stereocenters. The Morgan fingerprint density at radius 3 is 2.68 bits per heavy atom. The number of halogens is 2. The zero-order valence-electron chi connectivity index (χ0n) is 10.5. The summed E-state index contributed by atoms with van der Waals surface area (Å²) < 4.78 is 0.724. The van der Waals surface area contributed by atoms with Gasteiger partial charge in [0.15, 0.2) is 0 Å². The van der Waals surface area contributed by atoms with Crippen molar-refractivity contribution in [1.82, 2.24) is 5.32 Å². The van der Waals surface area contributed by atoms with E-state index in [1.54, 1.807) is 29.5 Å². The van der Waals surface area contributed by atoms with Crippen molar-refractivity contribution in [3.8, 4) is 0 Å². The van der Waals surface area contributed by atoms with Gasteiger partial charge in [0.2, 0.25) is 0 Å².